The second kappa shape index (κ2) is 9.36. The zero-order chi connectivity index (χ0) is 21.8. The predicted octanol–water partition coefficient (Wildman–Crippen LogP) is 4.72. The summed E-state index contributed by atoms with van der Waals surface area (Å²) < 4.78 is 25.4. The summed E-state index contributed by atoms with van der Waals surface area (Å²) in [4.78, 5) is 26.6. The van der Waals surface area contributed by atoms with Gasteiger partial charge in [0.1, 0.15) is 18.2 Å². The summed E-state index contributed by atoms with van der Waals surface area (Å²) in [6.07, 6.45) is 0. The van der Waals surface area contributed by atoms with Crippen LogP contribution in [0.15, 0.2) is 53.7 Å². The number of likely N-dealkylation sites (N-methyl/N-ethyl adjacent to an activating group) is 1. The number of carbonyl (C=O) groups excluding carboxylic acids is 2. The van der Waals surface area contributed by atoms with Crippen molar-refractivity contribution in [1.29, 1.82) is 0 Å². The van der Waals surface area contributed by atoms with E-state index < -0.39 is 23.9 Å². The maximum Gasteiger partial charge on any atom is 0.338 e. The number of hydrogen-bond acceptors (Lipinski definition) is 4. The van der Waals surface area contributed by atoms with Crippen molar-refractivity contribution in [3.63, 3.8) is 0 Å². The van der Waals surface area contributed by atoms with Crippen LogP contribution >= 0.6 is 23.2 Å². The first kappa shape index (κ1) is 21.9. The van der Waals surface area contributed by atoms with E-state index in [1.54, 1.807) is 25.1 Å². The Bertz CT molecular complexity index is 1010. The van der Waals surface area contributed by atoms with E-state index in [0.717, 1.165) is 0 Å². The highest BCUT2D eigenvalue weighted by Gasteiger charge is 2.38. The molecule has 0 saturated carbocycles. The lowest BCUT2D eigenvalue weighted by Crippen LogP contribution is -2.48. The molecule has 9 heteroatoms. The van der Waals surface area contributed by atoms with Gasteiger partial charge in [0.25, 0.3) is 0 Å². The Morgan fingerprint density at radius 1 is 1.23 bits per heavy atom. The topological polar surface area (TPSA) is 67.9 Å². The molecular weight excluding hydrogens is 434 g/mol. The zero-order valence-electron chi connectivity index (χ0n) is 16.2. The molecule has 1 atom stereocenters. The number of benzene rings is 2. The maximum absolute atomic E-state index is 14.5. The van der Waals surface area contributed by atoms with Crippen molar-refractivity contribution in [1.82, 2.24) is 10.2 Å². The number of carbonyl (C=O) groups is 2. The lowest BCUT2D eigenvalue weighted by atomic mass is 9.94. The fourth-order valence-corrected chi connectivity index (χ4v) is 3.39. The van der Waals surface area contributed by atoms with Crippen LogP contribution in [0, 0.1) is 5.82 Å². The third kappa shape index (κ3) is 4.52. The van der Waals surface area contributed by atoms with Crippen molar-refractivity contribution in [2.75, 3.05) is 20.3 Å². The number of ether oxygens (including phenoxy) is 2. The summed E-state index contributed by atoms with van der Waals surface area (Å²) in [5.74, 6) is -0.970. The maximum atomic E-state index is 14.5. The molecule has 0 radical (unpaired) electrons. The van der Waals surface area contributed by atoms with E-state index in [1.807, 2.05) is 0 Å². The van der Waals surface area contributed by atoms with Crippen molar-refractivity contribution in [3.05, 3.63) is 75.2 Å². The van der Waals surface area contributed by atoms with Crippen LogP contribution in [-0.4, -0.2) is 37.2 Å². The molecule has 6 nitrogen and oxygen atoms in total. The summed E-state index contributed by atoms with van der Waals surface area (Å²) in [5, 5.41) is 3.37. The molecule has 0 fully saturated rings. The molecule has 0 aromatic heterocycles. The molecule has 30 heavy (non-hydrogen) atoms. The van der Waals surface area contributed by atoms with Gasteiger partial charge in [-0.05, 0) is 25.1 Å². The van der Waals surface area contributed by atoms with Gasteiger partial charge in [-0.25, -0.2) is 14.0 Å². The van der Waals surface area contributed by atoms with Gasteiger partial charge in [-0.2, -0.15) is 0 Å². The van der Waals surface area contributed by atoms with Crippen LogP contribution in [0.5, 0.6) is 5.75 Å². The van der Waals surface area contributed by atoms with Crippen molar-refractivity contribution in [2.24, 2.45) is 0 Å². The third-order valence-corrected chi connectivity index (χ3v) is 5.09. The molecule has 2 amide bonds. The lowest BCUT2D eigenvalue weighted by molar-refractivity contribution is -0.139. The number of urea groups is 1. The first-order valence-corrected chi connectivity index (χ1v) is 9.85. The van der Waals surface area contributed by atoms with E-state index in [-0.39, 0.29) is 35.8 Å². The van der Waals surface area contributed by atoms with E-state index in [4.69, 9.17) is 32.7 Å². The van der Waals surface area contributed by atoms with Gasteiger partial charge in [-0.3, -0.25) is 4.90 Å². The third-order valence-electron chi connectivity index (χ3n) is 4.55. The Morgan fingerprint density at radius 2 is 1.97 bits per heavy atom. The minimum absolute atomic E-state index is 0.0715. The number of hydrogen-bond donors (Lipinski definition) is 1. The Balaban J connectivity index is 2.07. The Kier molecular flexibility index (Phi) is 6.84. The van der Waals surface area contributed by atoms with Crippen LogP contribution in [0.2, 0.25) is 10.0 Å². The molecule has 2 aromatic rings. The van der Waals surface area contributed by atoms with Gasteiger partial charge >= 0.3 is 12.0 Å². The zero-order valence-corrected chi connectivity index (χ0v) is 17.8. The molecule has 1 N–H and O–H groups in total. The highest BCUT2D eigenvalue weighted by molar-refractivity contribution is 6.34. The largest absolute Gasteiger partial charge is 0.486 e. The summed E-state index contributed by atoms with van der Waals surface area (Å²) >= 11 is 12.1. The predicted molar refractivity (Wildman–Crippen MR) is 111 cm³/mol. The van der Waals surface area contributed by atoms with Crippen LogP contribution in [0.3, 0.4) is 0 Å². The first-order valence-electron chi connectivity index (χ1n) is 9.10. The van der Waals surface area contributed by atoms with Crippen molar-refractivity contribution >= 4 is 35.2 Å². The van der Waals surface area contributed by atoms with E-state index >= 15 is 0 Å². The van der Waals surface area contributed by atoms with Crippen molar-refractivity contribution in [3.8, 4) is 5.75 Å². The lowest BCUT2D eigenvalue weighted by Gasteiger charge is -2.34. The van der Waals surface area contributed by atoms with Gasteiger partial charge in [0, 0.05) is 23.7 Å². The fourth-order valence-electron chi connectivity index (χ4n) is 3.06. The highest BCUT2D eigenvalue weighted by Crippen LogP contribution is 2.34. The van der Waals surface area contributed by atoms with Gasteiger partial charge in [-0.15, -0.1) is 0 Å². The Labute approximate surface area is 183 Å². The molecule has 2 aromatic carbocycles. The standard InChI is InChI=1S/C21H19Cl2FN2O4/c1-3-29-20(27)18-16(11-30-17-10-12(22)8-9-14(17)23)26(2)21(28)25-19(18)13-6-4-5-7-15(13)24/h4-10,19H,3,11H2,1-2H3,(H,25,28)/t19-/m0/s1. The van der Waals surface area contributed by atoms with Crippen LogP contribution in [0.4, 0.5) is 9.18 Å². The smallest absolute Gasteiger partial charge is 0.338 e. The molecule has 1 aliphatic rings. The highest BCUT2D eigenvalue weighted by atomic mass is 35.5. The number of amides is 2. The van der Waals surface area contributed by atoms with E-state index in [1.165, 1.54) is 36.2 Å². The molecule has 0 saturated heterocycles. The van der Waals surface area contributed by atoms with Crippen LogP contribution < -0.4 is 10.1 Å². The molecule has 0 bridgehead atoms. The quantitative estimate of drug-likeness (QED) is 0.643. The van der Waals surface area contributed by atoms with Crippen molar-refractivity contribution < 1.29 is 23.5 Å². The van der Waals surface area contributed by atoms with E-state index in [2.05, 4.69) is 5.32 Å². The molecule has 158 valence electrons. The second-order valence-corrected chi connectivity index (χ2v) is 7.25. The van der Waals surface area contributed by atoms with Crippen LogP contribution in [-0.2, 0) is 9.53 Å². The number of halogens is 3. The Hall–Kier alpha value is -2.77. The number of rotatable bonds is 6. The molecular formula is C21H19Cl2FN2O4. The summed E-state index contributed by atoms with van der Waals surface area (Å²) in [6.45, 7) is 1.57. The summed E-state index contributed by atoms with van der Waals surface area (Å²) in [6, 6.07) is 9.03. The average Bonchev–Trinajstić information content (AvgIpc) is 2.71. The summed E-state index contributed by atoms with van der Waals surface area (Å²) in [5.41, 5.74) is 0.434. The molecule has 0 spiro atoms. The minimum atomic E-state index is -1.04. The van der Waals surface area contributed by atoms with Crippen LogP contribution in [0.1, 0.15) is 18.5 Å². The van der Waals surface area contributed by atoms with E-state index in [0.29, 0.717) is 10.0 Å². The van der Waals surface area contributed by atoms with Gasteiger partial charge in [0.2, 0.25) is 0 Å². The van der Waals surface area contributed by atoms with E-state index in [9.17, 15) is 14.0 Å². The number of nitrogens with zero attached hydrogens (tertiary/aromatic N) is 1. The van der Waals surface area contributed by atoms with Crippen molar-refractivity contribution in [2.45, 2.75) is 13.0 Å². The average molecular weight is 453 g/mol. The van der Waals surface area contributed by atoms with Gasteiger partial charge in [0.15, 0.2) is 0 Å². The molecule has 3 rings (SSSR count). The molecule has 0 aliphatic carbocycles. The summed E-state index contributed by atoms with van der Waals surface area (Å²) in [7, 11) is 1.48. The fraction of sp³-hybridized carbons (Fsp3) is 0.238. The van der Waals surface area contributed by atoms with Crippen LogP contribution in [0.25, 0.3) is 0 Å². The molecule has 1 aliphatic heterocycles. The minimum Gasteiger partial charge on any atom is -0.486 e. The van der Waals surface area contributed by atoms with Gasteiger partial charge in [-0.1, -0.05) is 41.4 Å². The molecule has 1 heterocycles. The second-order valence-electron chi connectivity index (χ2n) is 6.41. The molecule has 0 unspecified atom stereocenters. The first-order chi connectivity index (χ1) is 14.3. The number of esters is 1. The normalized spacial score (nSPS) is 16.4. The van der Waals surface area contributed by atoms with Gasteiger partial charge in [0.05, 0.1) is 28.9 Å². The van der Waals surface area contributed by atoms with Gasteiger partial charge < -0.3 is 14.8 Å². The SMILES string of the molecule is CCOC(=O)C1=C(COc2cc(Cl)ccc2Cl)N(C)C(=O)N[C@H]1c1ccccc1F. The number of nitrogens with one attached hydrogen (secondary N) is 1. The Morgan fingerprint density at radius 3 is 2.67 bits per heavy atom. The monoisotopic (exact) mass is 452 g/mol.